The summed E-state index contributed by atoms with van der Waals surface area (Å²) in [5.41, 5.74) is 0.498. The van der Waals surface area contributed by atoms with Crippen LogP contribution in [-0.2, 0) is 4.79 Å². The highest BCUT2D eigenvalue weighted by molar-refractivity contribution is 7.98. The molecule has 0 aliphatic carbocycles. The molecule has 0 heterocycles. The zero-order valence-corrected chi connectivity index (χ0v) is 10.9. The molecule has 18 heavy (non-hydrogen) atoms. The third-order valence-corrected chi connectivity index (χ3v) is 3.11. The lowest BCUT2D eigenvalue weighted by Gasteiger charge is -2.09. The van der Waals surface area contributed by atoms with Crippen LogP contribution < -0.4 is 0 Å². The molecule has 5 nitrogen and oxygen atoms in total. The molecule has 1 rings (SSSR count). The number of hydrogen-bond acceptors (Lipinski definition) is 5. The smallest absolute Gasteiger partial charge is 0.269 e. The molecule has 1 aromatic rings. The predicted octanol–water partition coefficient (Wildman–Crippen LogP) is 2.34. The molecule has 1 N–H and O–H groups in total. The van der Waals surface area contributed by atoms with Gasteiger partial charge in [-0.1, -0.05) is 0 Å². The number of ketones is 1. The third-order valence-electron chi connectivity index (χ3n) is 2.49. The van der Waals surface area contributed by atoms with Gasteiger partial charge in [-0.15, -0.1) is 0 Å². The van der Waals surface area contributed by atoms with Crippen LogP contribution in [0.5, 0.6) is 0 Å². The topological polar surface area (TPSA) is 80.4 Å². The summed E-state index contributed by atoms with van der Waals surface area (Å²) in [6.07, 6.45) is 1.52. The van der Waals surface area contributed by atoms with Crippen molar-refractivity contribution < 1.29 is 14.8 Å². The molecular formula is C12H15NO4S. The van der Waals surface area contributed by atoms with Gasteiger partial charge < -0.3 is 5.11 Å². The number of carbonyl (C=O) groups excluding carboxylic acids is 1. The van der Waals surface area contributed by atoms with Crippen LogP contribution in [0.2, 0.25) is 0 Å². The SMILES string of the molecule is CSCCC(=O)CC(O)c1ccc([N+](=O)[O-])cc1. The van der Waals surface area contributed by atoms with Crippen LogP contribution in [0.1, 0.15) is 24.5 Å². The lowest BCUT2D eigenvalue weighted by molar-refractivity contribution is -0.384. The Hall–Kier alpha value is -1.40. The van der Waals surface area contributed by atoms with Gasteiger partial charge in [0, 0.05) is 25.0 Å². The van der Waals surface area contributed by atoms with Gasteiger partial charge in [-0.3, -0.25) is 14.9 Å². The average molecular weight is 269 g/mol. The van der Waals surface area contributed by atoms with Crippen LogP contribution in [-0.4, -0.2) is 27.8 Å². The predicted molar refractivity (Wildman–Crippen MR) is 70.7 cm³/mol. The van der Waals surface area contributed by atoms with E-state index in [9.17, 15) is 20.0 Å². The molecule has 0 radical (unpaired) electrons. The van der Waals surface area contributed by atoms with Crippen molar-refractivity contribution in [3.63, 3.8) is 0 Å². The van der Waals surface area contributed by atoms with Crippen molar-refractivity contribution in [2.45, 2.75) is 18.9 Å². The molecule has 6 heteroatoms. The summed E-state index contributed by atoms with van der Waals surface area (Å²) >= 11 is 1.58. The van der Waals surface area contributed by atoms with Crippen molar-refractivity contribution in [2.24, 2.45) is 0 Å². The maximum absolute atomic E-state index is 11.5. The zero-order valence-electron chi connectivity index (χ0n) is 10.0. The van der Waals surface area contributed by atoms with E-state index in [2.05, 4.69) is 0 Å². The van der Waals surface area contributed by atoms with Crippen LogP contribution >= 0.6 is 11.8 Å². The van der Waals surface area contributed by atoms with E-state index >= 15 is 0 Å². The third kappa shape index (κ3) is 4.46. The summed E-state index contributed by atoms with van der Waals surface area (Å²) in [5, 5.41) is 20.3. The molecule has 0 bridgehead atoms. The summed E-state index contributed by atoms with van der Waals surface area (Å²) in [6.45, 7) is 0. The molecule has 0 saturated heterocycles. The number of nitro benzene ring substituents is 1. The van der Waals surface area contributed by atoms with Gasteiger partial charge in [0.15, 0.2) is 0 Å². The number of aliphatic hydroxyl groups is 1. The molecule has 0 aliphatic rings. The maximum atomic E-state index is 11.5. The second kappa shape index (κ2) is 7.13. The first-order valence-electron chi connectivity index (χ1n) is 5.47. The lowest BCUT2D eigenvalue weighted by atomic mass is 10.0. The standard InChI is InChI=1S/C12H15NO4S/c1-18-7-6-11(14)8-12(15)9-2-4-10(5-3-9)13(16)17/h2-5,12,15H,6-8H2,1H3. The largest absolute Gasteiger partial charge is 0.388 e. The van der Waals surface area contributed by atoms with Crippen molar-refractivity contribution in [1.82, 2.24) is 0 Å². The Morgan fingerprint density at radius 2 is 2.06 bits per heavy atom. The minimum absolute atomic E-state index is 0.00444. The normalized spacial score (nSPS) is 12.1. The molecule has 0 amide bonds. The first-order chi connectivity index (χ1) is 8.54. The van der Waals surface area contributed by atoms with Crippen LogP contribution in [0.15, 0.2) is 24.3 Å². The number of thioether (sulfide) groups is 1. The highest BCUT2D eigenvalue weighted by Gasteiger charge is 2.14. The number of aliphatic hydroxyl groups excluding tert-OH is 1. The van der Waals surface area contributed by atoms with E-state index in [1.165, 1.54) is 24.3 Å². The maximum Gasteiger partial charge on any atom is 0.269 e. The molecule has 1 unspecified atom stereocenters. The van der Waals surface area contributed by atoms with E-state index in [1.807, 2.05) is 6.26 Å². The van der Waals surface area contributed by atoms with E-state index in [4.69, 9.17) is 0 Å². The number of benzene rings is 1. The quantitative estimate of drug-likeness (QED) is 0.607. The van der Waals surface area contributed by atoms with Crippen molar-refractivity contribution in [2.75, 3.05) is 12.0 Å². The Balaban J connectivity index is 2.58. The van der Waals surface area contributed by atoms with Gasteiger partial charge >= 0.3 is 0 Å². The number of Topliss-reactive ketones (excluding diaryl/α,β-unsaturated/α-hetero) is 1. The minimum atomic E-state index is -0.889. The molecule has 1 aromatic carbocycles. The van der Waals surface area contributed by atoms with E-state index in [1.54, 1.807) is 11.8 Å². The van der Waals surface area contributed by atoms with Crippen LogP contribution in [0.4, 0.5) is 5.69 Å². The van der Waals surface area contributed by atoms with E-state index in [0.717, 1.165) is 5.75 Å². The summed E-state index contributed by atoms with van der Waals surface area (Å²) in [7, 11) is 0. The summed E-state index contributed by atoms with van der Waals surface area (Å²) in [5.74, 6) is 0.737. The van der Waals surface area contributed by atoms with E-state index in [-0.39, 0.29) is 17.9 Å². The molecule has 0 aliphatic heterocycles. The van der Waals surface area contributed by atoms with Crippen molar-refractivity contribution in [1.29, 1.82) is 0 Å². The van der Waals surface area contributed by atoms with Crippen LogP contribution in [0.25, 0.3) is 0 Å². The number of rotatable bonds is 7. The molecule has 1 atom stereocenters. The number of nitrogens with zero attached hydrogens (tertiary/aromatic N) is 1. The fourth-order valence-corrected chi connectivity index (χ4v) is 1.90. The second-order valence-corrected chi connectivity index (χ2v) is 4.84. The molecular weight excluding hydrogens is 254 g/mol. The number of hydrogen-bond donors (Lipinski definition) is 1. The summed E-state index contributed by atoms with van der Waals surface area (Å²) in [4.78, 5) is 21.4. The van der Waals surface area contributed by atoms with Crippen LogP contribution in [0.3, 0.4) is 0 Å². The second-order valence-electron chi connectivity index (χ2n) is 3.85. The average Bonchev–Trinajstić information content (AvgIpc) is 2.36. The van der Waals surface area contributed by atoms with Gasteiger partial charge in [0.25, 0.3) is 5.69 Å². The first-order valence-corrected chi connectivity index (χ1v) is 6.87. The number of carbonyl (C=O) groups is 1. The van der Waals surface area contributed by atoms with Gasteiger partial charge in [0.05, 0.1) is 11.0 Å². The van der Waals surface area contributed by atoms with Crippen molar-refractivity contribution in [3.8, 4) is 0 Å². The van der Waals surface area contributed by atoms with Crippen LogP contribution in [0, 0.1) is 10.1 Å². The summed E-state index contributed by atoms with van der Waals surface area (Å²) < 4.78 is 0. The Morgan fingerprint density at radius 1 is 1.44 bits per heavy atom. The molecule has 0 spiro atoms. The molecule has 0 fully saturated rings. The molecule has 98 valence electrons. The monoisotopic (exact) mass is 269 g/mol. The Labute approximate surface area is 109 Å². The first kappa shape index (κ1) is 14.7. The van der Waals surface area contributed by atoms with Gasteiger partial charge in [0.1, 0.15) is 5.78 Å². The Morgan fingerprint density at radius 3 is 2.56 bits per heavy atom. The Bertz CT molecular complexity index is 419. The number of nitro groups is 1. The van der Waals surface area contributed by atoms with Gasteiger partial charge in [0.2, 0.25) is 0 Å². The fourth-order valence-electron chi connectivity index (χ4n) is 1.47. The van der Waals surface area contributed by atoms with Crippen molar-refractivity contribution >= 4 is 23.2 Å². The molecule has 0 aromatic heterocycles. The van der Waals surface area contributed by atoms with Gasteiger partial charge in [-0.05, 0) is 29.7 Å². The van der Waals surface area contributed by atoms with E-state index < -0.39 is 11.0 Å². The highest BCUT2D eigenvalue weighted by Crippen LogP contribution is 2.21. The summed E-state index contributed by atoms with van der Waals surface area (Å²) in [6, 6.07) is 5.60. The highest BCUT2D eigenvalue weighted by atomic mass is 32.2. The molecule has 0 saturated carbocycles. The lowest BCUT2D eigenvalue weighted by Crippen LogP contribution is -2.07. The number of non-ortho nitro benzene ring substituents is 1. The van der Waals surface area contributed by atoms with Gasteiger partial charge in [-0.2, -0.15) is 11.8 Å². The fraction of sp³-hybridized carbons (Fsp3) is 0.417. The zero-order chi connectivity index (χ0) is 13.5. The minimum Gasteiger partial charge on any atom is -0.388 e. The van der Waals surface area contributed by atoms with E-state index in [0.29, 0.717) is 12.0 Å². The van der Waals surface area contributed by atoms with Crippen molar-refractivity contribution in [3.05, 3.63) is 39.9 Å². The Kier molecular flexibility index (Phi) is 5.80. The van der Waals surface area contributed by atoms with Gasteiger partial charge in [-0.25, -0.2) is 0 Å².